The van der Waals surface area contributed by atoms with E-state index in [1.54, 1.807) is 11.3 Å². The summed E-state index contributed by atoms with van der Waals surface area (Å²) >= 11 is 1.72. The Kier molecular flexibility index (Phi) is 3.81. The fourth-order valence-electron chi connectivity index (χ4n) is 2.51. The second-order valence-corrected chi connectivity index (χ2v) is 6.74. The van der Waals surface area contributed by atoms with E-state index < -0.39 is 0 Å². The van der Waals surface area contributed by atoms with Gasteiger partial charge in [-0.1, -0.05) is 13.8 Å². The Labute approximate surface area is 123 Å². The van der Waals surface area contributed by atoms with E-state index in [1.807, 2.05) is 6.20 Å². The Morgan fingerprint density at radius 2 is 2.20 bits per heavy atom. The zero-order valence-electron chi connectivity index (χ0n) is 12.3. The number of nitrogens with zero attached hydrogens (tertiary/aromatic N) is 4. The SMILES string of the molecule is Cc1nc(CN2CCc3nc(C(C)C)ncc3C2)cs1. The van der Waals surface area contributed by atoms with Gasteiger partial charge >= 0.3 is 0 Å². The molecule has 0 bridgehead atoms. The van der Waals surface area contributed by atoms with Gasteiger partial charge in [-0.3, -0.25) is 4.90 Å². The van der Waals surface area contributed by atoms with Crippen molar-refractivity contribution < 1.29 is 0 Å². The van der Waals surface area contributed by atoms with Gasteiger partial charge in [0.15, 0.2) is 0 Å². The Bertz CT molecular complexity index is 606. The van der Waals surface area contributed by atoms with E-state index >= 15 is 0 Å². The highest BCUT2D eigenvalue weighted by atomic mass is 32.1. The first-order chi connectivity index (χ1) is 9.61. The van der Waals surface area contributed by atoms with E-state index in [-0.39, 0.29) is 0 Å². The molecule has 4 nitrogen and oxygen atoms in total. The lowest BCUT2D eigenvalue weighted by atomic mass is 10.1. The molecular weight excluding hydrogens is 268 g/mol. The van der Waals surface area contributed by atoms with Crippen LogP contribution in [0.15, 0.2) is 11.6 Å². The van der Waals surface area contributed by atoms with Crippen LogP contribution in [0.4, 0.5) is 0 Å². The Morgan fingerprint density at radius 3 is 2.90 bits per heavy atom. The van der Waals surface area contributed by atoms with Gasteiger partial charge in [-0.05, 0) is 6.92 Å². The lowest BCUT2D eigenvalue weighted by molar-refractivity contribution is 0.240. The van der Waals surface area contributed by atoms with Crippen molar-refractivity contribution >= 4 is 11.3 Å². The molecule has 0 amide bonds. The molecule has 0 N–H and O–H groups in total. The van der Waals surface area contributed by atoms with Crippen LogP contribution in [-0.2, 0) is 19.5 Å². The molecule has 0 fully saturated rings. The van der Waals surface area contributed by atoms with Crippen LogP contribution in [0.25, 0.3) is 0 Å². The van der Waals surface area contributed by atoms with Crippen molar-refractivity contribution in [3.05, 3.63) is 39.4 Å². The summed E-state index contributed by atoms with van der Waals surface area (Å²) in [4.78, 5) is 16.2. The molecule has 0 radical (unpaired) electrons. The quantitative estimate of drug-likeness (QED) is 0.871. The molecule has 1 aliphatic rings. The third-order valence-electron chi connectivity index (χ3n) is 3.60. The van der Waals surface area contributed by atoms with Crippen molar-refractivity contribution in [2.24, 2.45) is 0 Å². The summed E-state index contributed by atoms with van der Waals surface area (Å²) < 4.78 is 0. The second kappa shape index (κ2) is 5.58. The van der Waals surface area contributed by atoms with E-state index in [9.17, 15) is 0 Å². The molecule has 20 heavy (non-hydrogen) atoms. The van der Waals surface area contributed by atoms with E-state index in [1.165, 1.54) is 17.0 Å². The average molecular weight is 288 g/mol. The minimum atomic E-state index is 0.399. The topological polar surface area (TPSA) is 41.9 Å². The zero-order valence-corrected chi connectivity index (χ0v) is 13.1. The molecule has 0 saturated carbocycles. The Balaban J connectivity index is 1.72. The predicted octanol–water partition coefficient (Wildman–Crippen LogP) is 2.92. The number of fused-ring (bicyclic) bond motifs is 1. The van der Waals surface area contributed by atoms with Gasteiger partial charge < -0.3 is 0 Å². The number of rotatable bonds is 3. The summed E-state index contributed by atoms with van der Waals surface area (Å²) in [6, 6.07) is 0. The molecule has 0 aromatic carbocycles. The fourth-order valence-corrected chi connectivity index (χ4v) is 3.12. The average Bonchev–Trinajstić information content (AvgIpc) is 2.83. The highest BCUT2D eigenvalue weighted by Crippen LogP contribution is 2.21. The van der Waals surface area contributed by atoms with Gasteiger partial charge in [0, 0.05) is 54.8 Å². The largest absolute Gasteiger partial charge is 0.293 e. The molecule has 106 valence electrons. The van der Waals surface area contributed by atoms with Crippen LogP contribution in [0, 0.1) is 6.92 Å². The van der Waals surface area contributed by atoms with Crippen LogP contribution in [0.2, 0.25) is 0 Å². The molecule has 0 saturated heterocycles. The van der Waals surface area contributed by atoms with E-state index in [4.69, 9.17) is 4.98 Å². The smallest absolute Gasteiger partial charge is 0.131 e. The normalized spacial score (nSPS) is 15.6. The number of hydrogen-bond donors (Lipinski definition) is 0. The molecule has 1 aliphatic heterocycles. The van der Waals surface area contributed by atoms with Crippen LogP contribution < -0.4 is 0 Å². The predicted molar refractivity (Wildman–Crippen MR) is 80.8 cm³/mol. The van der Waals surface area contributed by atoms with Crippen molar-refractivity contribution in [1.82, 2.24) is 19.9 Å². The Morgan fingerprint density at radius 1 is 1.35 bits per heavy atom. The van der Waals surface area contributed by atoms with Crippen molar-refractivity contribution in [2.75, 3.05) is 6.54 Å². The maximum absolute atomic E-state index is 4.71. The van der Waals surface area contributed by atoms with Gasteiger partial charge in [-0.25, -0.2) is 15.0 Å². The number of aromatic nitrogens is 3. The summed E-state index contributed by atoms with van der Waals surface area (Å²) in [7, 11) is 0. The van der Waals surface area contributed by atoms with Crippen molar-refractivity contribution in [1.29, 1.82) is 0 Å². The molecule has 0 unspecified atom stereocenters. The van der Waals surface area contributed by atoms with E-state index in [0.717, 1.165) is 36.9 Å². The minimum Gasteiger partial charge on any atom is -0.293 e. The Hall–Kier alpha value is -1.33. The first-order valence-corrected chi connectivity index (χ1v) is 7.98. The maximum atomic E-state index is 4.71. The van der Waals surface area contributed by atoms with E-state index in [0.29, 0.717) is 5.92 Å². The molecule has 3 heterocycles. The number of thiazole rings is 1. The van der Waals surface area contributed by atoms with E-state index in [2.05, 4.69) is 41.0 Å². The van der Waals surface area contributed by atoms with Gasteiger partial charge in [0.05, 0.1) is 10.7 Å². The van der Waals surface area contributed by atoms with Gasteiger partial charge in [0.1, 0.15) is 5.82 Å². The summed E-state index contributed by atoms with van der Waals surface area (Å²) in [5, 5.41) is 3.30. The molecule has 2 aromatic rings. The van der Waals surface area contributed by atoms with Crippen LogP contribution in [0.3, 0.4) is 0 Å². The highest BCUT2D eigenvalue weighted by Gasteiger charge is 2.19. The molecular formula is C15H20N4S. The summed E-state index contributed by atoms with van der Waals surface area (Å²) in [6.45, 7) is 9.25. The third-order valence-corrected chi connectivity index (χ3v) is 4.42. The lowest BCUT2D eigenvalue weighted by Crippen LogP contribution is -2.31. The van der Waals surface area contributed by atoms with Crippen molar-refractivity contribution in [2.45, 2.75) is 46.2 Å². The first-order valence-electron chi connectivity index (χ1n) is 7.10. The molecule has 3 rings (SSSR count). The van der Waals surface area contributed by atoms with Crippen molar-refractivity contribution in [3.63, 3.8) is 0 Å². The van der Waals surface area contributed by atoms with Crippen LogP contribution in [0.1, 0.15) is 47.5 Å². The van der Waals surface area contributed by atoms with Gasteiger partial charge in [0.25, 0.3) is 0 Å². The minimum absolute atomic E-state index is 0.399. The first kappa shape index (κ1) is 13.6. The molecule has 2 aromatic heterocycles. The molecule has 0 aliphatic carbocycles. The monoisotopic (exact) mass is 288 g/mol. The van der Waals surface area contributed by atoms with Crippen LogP contribution >= 0.6 is 11.3 Å². The number of aryl methyl sites for hydroxylation is 1. The van der Waals surface area contributed by atoms with Crippen LogP contribution in [-0.4, -0.2) is 26.4 Å². The van der Waals surface area contributed by atoms with Gasteiger partial charge in [-0.15, -0.1) is 11.3 Å². The lowest BCUT2D eigenvalue weighted by Gasteiger charge is -2.27. The highest BCUT2D eigenvalue weighted by molar-refractivity contribution is 7.09. The van der Waals surface area contributed by atoms with Gasteiger partial charge in [0.2, 0.25) is 0 Å². The maximum Gasteiger partial charge on any atom is 0.131 e. The zero-order chi connectivity index (χ0) is 14.1. The van der Waals surface area contributed by atoms with Gasteiger partial charge in [-0.2, -0.15) is 0 Å². The standard InChI is InChI=1S/C15H20N4S/c1-10(2)15-16-6-12-7-19(5-4-14(12)18-15)8-13-9-20-11(3)17-13/h6,9-10H,4-5,7-8H2,1-3H3. The fraction of sp³-hybridized carbons (Fsp3) is 0.533. The molecule has 0 atom stereocenters. The summed E-state index contributed by atoms with van der Waals surface area (Å²) in [5.74, 6) is 1.36. The number of hydrogen-bond acceptors (Lipinski definition) is 5. The summed E-state index contributed by atoms with van der Waals surface area (Å²) in [5.41, 5.74) is 3.68. The third kappa shape index (κ3) is 2.88. The van der Waals surface area contributed by atoms with Crippen molar-refractivity contribution in [3.8, 4) is 0 Å². The molecule has 5 heteroatoms. The molecule has 0 spiro atoms. The second-order valence-electron chi connectivity index (χ2n) is 5.67. The summed E-state index contributed by atoms with van der Waals surface area (Å²) in [6.07, 6.45) is 3.02. The van der Waals surface area contributed by atoms with Crippen LogP contribution in [0.5, 0.6) is 0 Å².